The molecule has 0 saturated heterocycles. The summed E-state index contributed by atoms with van der Waals surface area (Å²) < 4.78 is 10.6. The van der Waals surface area contributed by atoms with Gasteiger partial charge in [-0.2, -0.15) is 5.26 Å². The Kier molecular flexibility index (Phi) is 6.21. The van der Waals surface area contributed by atoms with Crippen LogP contribution in [0.2, 0.25) is 0 Å². The molecule has 0 radical (unpaired) electrons. The summed E-state index contributed by atoms with van der Waals surface area (Å²) in [6.45, 7) is 4.39. The topological polar surface area (TPSA) is 99.0 Å². The number of ether oxygens (including phenoxy) is 2. The summed E-state index contributed by atoms with van der Waals surface area (Å²) >= 11 is 0. The number of amidine groups is 1. The van der Waals surface area contributed by atoms with Crippen LogP contribution in [-0.4, -0.2) is 42.7 Å². The summed E-state index contributed by atoms with van der Waals surface area (Å²) in [5, 5.41) is 14.3. The first-order valence-electron chi connectivity index (χ1n) is 6.57. The van der Waals surface area contributed by atoms with Gasteiger partial charge in [-0.1, -0.05) is 13.8 Å². The van der Waals surface area contributed by atoms with Crippen molar-refractivity contribution in [2.24, 2.45) is 5.10 Å². The normalized spacial score (nSPS) is 14.5. The summed E-state index contributed by atoms with van der Waals surface area (Å²) in [5.74, 6) is 0.209. The van der Waals surface area contributed by atoms with Crippen molar-refractivity contribution >= 4 is 11.8 Å². The fourth-order valence-electron chi connectivity index (χ4n) is 1.92. The molecule has 0 fully saturated rings. The minimum atomic E-state index is -0.958. The molecule has 0 atom stereocenters. The lowest BCUT2D eigenvalue weighted by molar-refractivity contribution is -0.168. The Morgan fingerprint density at radius 1 is 1.50 bits per heavy atom. The number of hydrazone groups is 1. The van der Waals surface area contributed by atoms with E-state index in [0.717, 1.165) is 0 Å². The Labute approximate surface area is 118 Å². The van der Waals surface area contributed by atoms with Gasteiger partial charge in [0.15, 0.2) is 11.4 Å². The number of esters is 1. The second kappa shape index (κ2) is 7.67. The Hall–Kier alpha value is -1.85. The minimum Gasteiger partial charge on any atom is -0.467 e. The highest BCUT2D eigenvalue weighted by atomic mass is 16.6. The summed E-state index contributed by atoms with van der Waals surface area (Å²) in [6, 6.07) is 2.06. The molecular formula is C12H21N5O3. The predicted octanol–water partition coefficient (Wildman–Crippen LogP) is 0.287. The van der Waals surface area contributed by atoms with Crippen LogP contribution in [-0.2, 0) is 14.3 Å². The van der Waals surface area contributed by atoms with Gasteiger partial charge in [0, 0.05) is 0 Å². The average molecular weight is 283 g/mol. The monoisotopic (exact) mass is 283 g/mol. The van der Waals surface area contributed by atoms with Gasteiger partial charge in [0.25, 0.3) is 0 Å². The lowest BCUT2D eigenvalue weighted by Crippen LogP contribution is -2.46. The third kappa shape index (κ3) is 3.59. The van der Waals surface area contributed by atoms with Gasteiger partial charge in [0.2, 0.25) is 0 Å². The first-order valence-corrected chi connectivity index (χ1v) is 6.57. The van der Waals surface area contributed by atoms with Gasteiger partial charge in [-0.25, -0.2) is 10.3 Å². The van der Waals surface area contributed by atoms with Crippen molar-refractivity contribution in [3.05, 3.63) is 0 Å². The molecule has 0 aromatic rings. The molecule has 8 heteroatoms. The van der Waals surface area contributed by atoms with Gasteiger partial charge in [-0.15, -0.1) is 10.6 Å². The molecule has 1 rings (SSSR count). The van der Waals surface area contributed by atoms with Crippen LogP contribution in [0.3, 0.4) is 0 Å². The van der Waals surface area contributed by atoms with Crippen LogP contribution in [0, 0.1) is 11.3 Å². The van der Waals surface area contributed by atoms with Crippen molar-refractivity contribution in [2.45, 2.75) is 38.7 Å². The van der Waals surface area contributed by atoms with Crippen molar-refractivity contribution in [1.82, 2.24) is 16.1 Å². The second-order valence-electron chi connectivity index (χ2n) is 4.29. The SMILES string of the molecule is CCC(CC)(OCC1=NNNN1CCC#N)C(=O)OC. The van der Waals surface area contributed by atoms with Gasteiger partial charge < -0.3 is 9.47 Å². The molecule has 0 bridgehead atoms. The smallest absolute Gasteiger partial charge is 0.338 e. The van der Waals surface area contributed by atoms with Gasteiger partial charge >= 0.3 is 5.97 Å². The van der Waals surface area contributed by atoms with Crippen molar-refractivity contribution in [3.8, 4) is 6.07 Å². The molecule has 0 saturated carbocycles. The average Bonchev–Trinajstić information content (AvgIpc) is 2.93. The summed E-state index contributed by atoms with van der Waals surface area (Å²) in [5.41, 5.74) is 4.44. The van der Waals surface area contributed by atoms with Gasteiger partial charge in [-0.3, -0.25) is 5.01 Å². The van der Waals surface area contributed by atoms with Crippen LogP contribution in [0.5, 0.6) is 0 Å². The molecular weight excluding hydrogens is 262 g/mol. The molecule has 20 heavy (non-hydrogen) atoms. The molecule has 1 aliphatic rings. The van der Waals surface area contributed by atoms with E-state index in [0.29, 0.717) is 31.6 Å². The van der Waals surface area contributed by atoms with E-state index in [1.165, 1.54) is 7.11 Å². The molecule has 0 unspecified atom stereocenters. The molecule has 0 amide bonds. The maximum absolute atomic E-state index is 11.9. The van der Waals surface area contributed by atoms with Crippen molar-refractivity contribution in [3.63, 3.8) is 0 Å². The van der Waals surface area contributed by atoms with E-state index in [4.69, 9.17) is 14.7 Å². The third-order valence-electron chi connectivity index (χ3n) is 3.31. The number of nitrogens with one attached hydrogen (secondary N) is 2. The van der Waals surface area contributed by atoms with E-state index in [2.05, 4.69) is 22.2 Å². The number of nitrogens with zero attached hydrogens (tertiary/aromatic N) is 3. The van der Waals surface area contributed by atoms with E-state index in [1.807, 2.05) is 13.8 Å². The van der Waals surface area contributed by atoms with Gasteiger partial charge in [-0.05, 0) is 12.8 Å². The van der Waals surface area contributed by atoms with Crippen LogP contribution in [0.15, 0.2) is 5.10 Å². The zero-order valence-electron chi connectivity index (χ0n) is 12.1. The lowest BCUT2D eigenvalue weighted by atomic mass is 9.97. The van der Waals surface area contributed by atoms with E-state index < -0.39 is 5.60 Å². The largest absolute Gasteiger partial charge is 0.467 e. The Morgan fingerprint density at radius 3 is 2.75 bits per heavy atom. The zero-order chi connectivity index (χ0) is 15.0. The molecule has 1 heterocycles. The van der Waals surface area contributed by atoms with E-state index in [1.54, 1.807) is 5.01 Å². The highest BCUT2D eigenvalue weighted by molar-refractivity contribution is 5.85. The number of nitriles is 1. The van der Waals surface area contributed by atoms with Crippen LogP contribution in [0.4, 0.5) is 0 Å². The summed E-state index contributed by atoms with van der Waals surface area (Å²) in [4.78, 5) is 11.9. The Bertz CT molecular complexity index is 400. The molecule has 0 aliphatic carbocycles. The summed E-state index contributed by atoms with van der Waals surface area (Å²) in [6.07, 6.45) is 1.39. The van der Waals surface area contributed by atoms with E-state index >= 15 is 0 Å². The third-order valence-corrected chi connectivity index (χ3v) is 3.31. The van der Waals surface area contributed by atoms with Crippen molar-refractivity contribution in [1.29, 1.82) is 5.26 Å². The molecule has 0 aromatic heterocycles. The zero-order valence-corrected chi connectivity index (χ0v) is 12.1. The molecule has 0 spiro atoms. The van der Waals surface area contributed by atoms with E-state index in [9.17, 15) is 4.79 Å². The van der Waals surface area contributed by atoms with Crippen LogP contribution < -0.4 is 11.1 Å². The highest BCUT2D eigenvalue weighted by Gasteiger charge is 2.38. The van der Waals surface area contributed by atoms with Gasteiger partial charge in [0.05, 0.1) is 26.1 Å². The Balaban J connectivity index is 2.63. The molecule has 0 aromatic carbocycles. The Morgan fingerprint density at radius 2 is 2.20 bits per heavy atom. The summed E-state index contributed by atoms with van der Waals surface area (Å²) in [7, 11) is 1.35. The number of methoxy groups -OCH3 is 1. The molecule has 112 valence electrons. The van der Waals surface area contributed by atoms with Gasteiger partial charge in [0.1, 0.15) is 6.61 Å². The molecule has 1 aliphatic heterocycles. The van der Waals surface area contributed by atoms with Crippen LogP contribution in [0.25, 0.3) is 0 Å². The minimum absolute atomic E-state index is 0.155. The fraction of sp³-hybridized carbons (Fsp3) is 0.750. The van der Waals surface area contributed by atoms with E-state index in [-0.39, 0.29) is 12.6 Å². The van der Waals surface area contributed by atoms with Crippen LogP contribution >= 0.6 is 0 Å². The van der Waals surface area contributed by atoms with Crippen LogP contribution in [0.1, 0.15) is 33.1 Å². The number of hydrogen-bond acceptors (Lipinski definition) is 8. The van der Waals surface area contributed by atoms with Crippen molar-refractivity contribution < 1.29 is 14.3 Å². The number of hydrogen-bond donors (Lipinski definition) is 2. The highest BCUT2D eigenvalue weighted by Crippen LogP contribution is 2.22. The first kappa shape index (κ1) is 16.2. The lowest BCUT2D eigenvalue weighted by Gasteiger charge is -2.29. The quantitative estimate of drug-likeness (QED) is 0.617. The molecule has 2 N–H and O–H groups in total. The number of carbonyl (C=O) groups is 1. The second-order valence-corrected chi connectivity index (χ2v) is 4.29. The fourth-order valence-corrected chi connectivity index (χ4v) is 1.92. The van der Waals surface area contributed by atoms with Crippen molar-refractivity contribution in [2.75, 3.05) is 20.3 Å². The predicted molar refractivity (Wildman–Crippen MR) is 71.9 cm³/mol. The maximum atomic E-state index is 11.9. The number of rotatable bonds is 8. The maximum Gasteiger partial charge on any atom is 0.338 e. The standard InChI is InChI=1S/C12H21N5O3/c1-4-12(5-2,11(18)19-3)20-9-10-14-15-16-17(10)8-6-7-13/h15-16H,4-6,8-9H2,1-3H3. The number of carbonyl (C=O) groups excluding carboxylic acids is 1. The number of hydrazine groups is 2. The molecule has 8 nitrogen and oxygen atoms in total. The first-order chi connectivity index (χ1) is 9.63.